The Morgan fingerprint density at radius 1 is 0.895 bits per heavy atom. The molecule has 2 aromatic rings. The van der Waals surface area contributed by atoms with Gasteiger partial charge in [-0.05, 0) is 24.5 Å². The summed E-state index contributed by atoms with van der Waals surface area (Å²) in [6.45, 7) is 3.58. The SMILES string of the molecule is CCOC(=O)[C@H]1CN(Cc2ccccc2)C[C@@H]1C(=O)N1C(=O)OC[C@H]1Cc1ccccc1.O=C(O)C(=O)O. The number of rotatable bonds is 7. The van der Waals surface area contributed by atoms with Crippen LogP contribution in [0.4, 0.5) is 4.79 Å². The van der Waals surface area contributed by atoms with Gasteiger partial charge in [0, 0.05) is 19.6 Å². The third-order valence-corrected chi connectivity index (χ3v) is 6.25. The second-order valence-corrected chi connectivity index (χ2v) is 8.88. The number of cyclic esters (lactones) is 1. The zero-order chi connectivity index (χ0) is 27.7. The minimum atomic E-state index is -1.82. The summed E-state index contributed by atoms with van der Waals surface area (Å²) in [6.07, 6.45) is -0.122. The Morgan fingerprint density at radius 3 is 2.00 bits per heavy atom. The van der Waals surface area contributed by atoms with E-state index in [0.29, 0.717) is 26.1 Å². The third-order valence-electron chi connectivity index (χ3n) is 6.25. The van der Waals surface area contributed by atoms with Crippen LogP contribution < -0.4 is 0 Å². The van der Waals surface area contributed by atoms with Crippen molar-refractivity contribution in [2.24, 2.45) is 11.8 Å². The van der Waals surface area contributed by atoms with E-state index in [-0.39, 0.29) is 25.2 Å². The first-order valence-electron chi connectivity index (χ1n) is 12.1. The van der Waals surface area contributed by atoms with Crippen molar-refractivity contribution in [3.8, 4) is 0 Å². The number of aliphatic carboxylic acids is 2. The molecular formula is C27H30N2O9. The summed E-state index contributed by atoms with van der Waals surface area (Å²) in [5.41, 5.74) is 2.12. The Bertz CT molecular complexity index is 1130. The highest BCUT2D eigenvalue weighted by Gasteiger charge is 2.48. The first kappa shape index (κ1) is 28.3. The summed E-state index contributed by atoms with van der Waals surface area (Å²) in [5.74, 6) is -5.67. The van der Waals surface area contributed by atoms with Crippen molar-refractivity contribution in [3.05, 3.63) is 71.8 Å². The highest BCUT2D eigenvalue weighted by atomic mass is 16.6. The quantitative estimate of drug-likeness (QED) is 0.405. The van der Waals surface area contributed by atoms with Crippen LogP contribution in [0.25, 0.3) is 0 Å². The zero-order valence-electron chi connectivity index (χ0n) is 20.9. The van der Waals surface area contributed by atoms with E-state index in [4.69, 9.17) is 29.3 Å². The van der Waals surface area contributed by atoms with Gasteiger partial charge in [0.15, 0.2) is 0 Å². The molecule has 2 aromatic carbocycles. The third kappa shape index (κ3) is 7.39. The Kier molecular flexibility index (Phi) is 9.94. The fourth-order valence-electron chi connectivity index (χ4n) is 4.54. The maximum Gasteiger partial charge on any atom is 0.416 e. The molecule has 2 heterocycles. The molecular weight excluding hydrogens is 496 g/mol. The number of nitrogens with zero attached hydrogens (tertiary/aromatic N) is 2. The van der Waals surface area contributed by atoms with Crippen molar-refractivity contribution in [1.82, 2.24) is 9.80 Å². The van der Waals surface area contributed by atoms with Crippen molar-refractivity contribution < 1.29 is 43.7 Å². The molecule has 202 valence electrons. The molecule has 2 aliphatic rings. The van der Waals surface area contributed by atoms with Crippen LogP contribution in [0.5, 0.6) is 0 Å². The van der Waals surface area contributed by atoms with E-state index in [1.54, 1.807) is 6.92 Å². The fraction of sp³-hybridized carbons (Fsp3) is 0.370. The zero-order valence-corrected chi connectivity index (χ0v) is 20.9. The molecule has 3 atom stereocenters. The number of benzene rings is 2. The first-order valence-corrected chi connectivity index (χ1v) is 12.1. The standard InChI is InChI=1S/C25H28N2O5.C2H2O4/c1-2-31-24(29)22-16-26(14-19-11-7-4-8-12-19)15-21(22)23(28)27-20(17-32-25(27)30)13-18-9-5-3-6-10-18;3-1(4)2(5)6/h3-12,20-22H,2,13-17H2,1H3;(H,3,4)(H,5,6)/t20-,21+,22+;/m1./s1. The molecule has 0 radical (unpaired) electrons. The van der Waals surface area contributed by atoms with Gasteiger partial charge in [-0.2, -0.15) is 0 Å². The van der Waals surface area contributed by atoms with Crippen molar-refractivity contribution in [3.63, 3.8) is 0 Å². The van der Waals surface area contributed by atoms with Gasteiger partial charge in [0.2, 0.25) is 5.91 Å². The van der Waals surface area contributed by atoms with Crippen LogP contribution in [0.2, 0.25) is 0 Å². The Balaban J connectivity index is 0.000000599. The van der Waals surface area contributed by atoms with Gasteiger partial charge in [-0.15, -0.1) is 0 Å². The summed E-state index contributed by atoms with van der Waals surface area (Å²) in [5, 5.41) is 14.8. The van der Waals surface area contributed by atoms with E-state index < -0.39 is 35.8 Å². The molecule has 2 saturated heterocycles. The highest BCUT2D eigenvalue weighted by Crippen LogP contribution is 2.30. The van der Waals surface area contributed by atoms with Crippen molar-refractivity contribution >= 4 is 29.9 Å². The Morgan fingerprint density at radius 2 is 1.45 bits per heavy atom. The van der Waals surface area contributed by atoms with Crippen LogP contribution in [-0.2, 0) is 41.6 Å². The molecule has 0 spiro atoms. The molecule has 11 heteroatoms. The number of carboxylic acids is 2. The minimum Gasteiger partial charge on any atom is -0.473 e. The van der Waals surface area contributed by atoms with Crippen LogP contribution in [0, 0.1) is 11.8 Å². The maximum atomic E-state index is 13.6. The fourth-order valence-corrected chi connectivity index (χ4v) is 4.54. The second kappa shape index (κ2) is 13.3. The van der Waals surface area contributed by atoms with E-state index in [0.717, 1.165) is 11.1 Å². The molecule has 0 unspecified atom stereocenters. The average Bonchev–Trinajstić information content (AvgIpc) is 3.49. The van der Waals surface area contributed by atoms with Crippen molar-refractivity contribution in [1.29, 1.82) is 0 Å². The molecule has 38 heavy (non-hydrogen) atoms. The summed E-state index contributed by atoms with van der Waals surface area (Å²) in [4.78, 5) is 60.3. The van der Waals surface area contributed by atoms with E-state index in [1.807, 2.05) is 60.7 Å². The number of carbonyl (C=O) groups is 5. The van der Waals surface area contributed by atoms with E-state index in [2.05, 4.69) is 4.90 Å². The van der Waals surface area contributed by atoms with E-state index in [9.17, 15) is 14.4 Å². The molecule has 2 fully saturated rings. The van der Waals surface area contributed by atoms with Gasteiger partial charge in [-0.25, -0.2) is 19.3 Å². The van der Waals surface area contributed by atoms with Gasteiger partial charge in [-0.3, -0.25) is 14.5 Å². The summed E-state index contributed by atoms with van der Waals surface area (Å²) in [7, 11) is 0. The lowest BCUT2D eigenvalue weighted by Crippen LogP contribution is -2.46. The number of hydrogen-bond donors (Lipinski definition) is 2. The lowest BCUT2D eigenvalue weighted by Gasteiger charge is -2.25. The summed E-state index contributed by atoms with van der Waals surface area (Å²) >= 11 is 0. The van der Waals surface area contributed by atoms with Gasteiger partial charge >= 0.3 is 24.0 Å². The predicted octanol–water partition coefficient (Wildman–Crippen LogP) is 2.04. The molecule has 2 amide bonds. The molecule has 4 rings (SSSR count). The van der Waals surface area contributed by atoms with Crippen LogP contribution >= 0.6 is 0 Å². The molecule has 2 aliphatic heterocycles. The predicted molar refractivity (Wildman–Crippen MR) is 133 cm³/mol. The molecule has 0 saturated carbocycles. The number of ether oxygens (including phenoxy) is 2. The summed E-state index contributed by atoms with van der Waals surface area (Å²) in [6, 6.07) is 19.2. The largest absolute Gasteiger partial charge is 0.473 e. The lowest BCUT2D eigenvalue weighted by molar-refractivity contribution is -0.159. The molecule has 11 nitrogen and oxygen atoms in total. The number of carboxylic acid groups (broad SMARTS) is 2. The number of hydrogen-bond acceptors (Lipinski definition) is 8. The van der Waals surface area contributed by atoms with E-state index >= 15 is 0 Å². The minimum absolute atomic E-state index is 0.157. The Labute approximate surface area is 219 Å². The highest BCUT2D eigenvalue weighted by molar-refractivity contribution is 6.27. The Hall–Kier alpha value is -4.25. The van der Waals surface area contributed by atoms with Gasteiger partial charge < -0.3 is 19.7 Å². The summed E-state index contributed by atoms with van der Waals surface area (Å²) < 4.78 is 10.5. The maximum absolute atomic E-state index is 13.6. The average molecular weight is 527 g/mol. The van der Waals surface area contributed by atoms with Crippen LogP contribution in [0.1, 0.15) is 18.1 Å². The second-order valence-electron chi connectivity index (χ2n) is 8.88. The molecule has 0 bridgehead atoms. The van der Waals surface area contributed by atoms with Gasteiger partial charge in [-0.1, -0.05) is 60.7 Å². The normalized spacial score (nSPS) is 20.7. The first-order chi connectivity index (χ1) is 18.2. The lowest BCUT2D eigenvalue weighted by atomic mass is 9.93. The molecule has 0 aliphatic carbocycles. The topological polar surface area (TPSA) is 151 Å². The van der Waals surface area contributed by atoms with Crippen molar-refractivity contribution in [2.45, 2.75) is 25.9 Å². The monoisotopic (exact) mass is 526 g/mol. The number of esters is 1. The van der Waals surface area contributed by atoms with Gasteiger partial charge in [0.1, 0.15) is 6.61 Å². The smallest absolute Gasteiger partial charge is 0.416 e. The number of amides is 2. The molecule has 0 aromatic heterocycles. The number of carbonyl (C=O) groups excluding carboxylic acids is 3. The van der Waals surface area contributed by atoms with Gasteiger partial charge in [0.05, 0.1) is 24.5 Å². The van der Waals surface area contributed by atoms with Crippen LogP contribution in [0.3, 0.4) is 0 Å². The molecule has 2 N–H and O–H groups in total. The van der Waals surface area contributed by atoms with Crippen LogP contribution in [0.15, 0.2) is 60.7 Å². The van der Waals surface area contributed by atoms with Crippen LogP contribution in [-0.4, -0.2) is 82.3 Å². The number of likely N-dealkylation sites (tertiary alicyclic amines) is 1. The van der Waals surface area contributed by atoms with E-state index in [1.165, 1.54) is 4.90 Å². The number of imide groups is 1. The van der Waals surface area contributed by atoms with Crippen molar-refractivity contribution in [2.75, 3.05) is 26.3 Å². The van der Waals surface area contributed by atoms with Gasteiger partial charge in [0.25, 0.3) is 0 Å².